The van der Waals surface area contributed by atoms with Crippen LogP contribution in [0.2, 0.25) is 10.0 Å². The number of amides is 1. The molecule has 0 bridgehead atoms. The summed E-state index contributed by atoms with van der Waals surface area (Å²) in [5.41, 5.74) is 0.942. The minimum Gasteiger partial charge on any atom is -0.307 e. The Kier molecular flexibility index (Phi) is 5.66. The Labute approximate surface area is 170 Å². The van der Waals surface area contributed by atoms with Crippen molar-refractivity contribution in [3.63, 3.8) is 0 Å². The van der Waals surface area contributed by atoms with Crippen molar-refractivity contribution in [1.29, 1.82) is 0 Å². The molecule has 0 saturated carbocycles. The van der Waals surface area contributed by atoms with E-state index in [2.05, 4.69) is 15.5 Å². The van der Waals surface area contributed by atoms with E-state index in [4.69, 9.17) is 23.2 Å². The second-order valence-corrected chi connectivity index (χ2v) is 6.98. The van der Waals surface area contributed by atoms with Gasteiger partial charge in [0.05, 0.1) is 11.5 Å². The first-order chi connectivity index (χ1) is 13.2. The first-order valence-corrected chi connectivity index (χ1v) is 8.98. The van der Waals surface area contributed by atoms with Gasteiger partial charge in [0.2, 0.25) is 5.91 Å². The van der Waals surface area contributed by atoms with Gasteiger partial charge in [-0.05, 0) is 31.5 Å². The molecule has 0 spiro atoms. The molecule has 0 radical (unpaired) electrons. The number of aryl methyl sites for hydroxylation is 1. The first kappa shape index (κ1) is 19.8. The number of benzene rings is 1. The van der Waals surface area contributed by atoms with Crippen LogP contribution in [0.15, 0.2) is 36.7 Å². The molecule has 2 heterocycles. The number of anilines is 1. The van der Waals surface area contributed by atoms with E-state index in [1.54, 1.807) is 42.1 Å². The summed E-state index contributed by atoms with van der Waals surface area (Å²) in [7, 11) is 0. The van der Waals surface area contributed by atoms with E-state index in [0.29, 0.717) is 22.4 Å². The van der Waals surface area contributed by atoms with Crippen LogP contribution in [0.4, 0.5) is 11.5 Å². The fraction of sp³-hybridized carbons (Fsp3) is 0.235. The van der Waals surface area contributed by atoms with E-state index in [0.717, 1.165) is 5.56 Å². The highest BCUT2D eigenvalue weighted by atomic mass is 35.5. The van der Waals surface area contributed by atoms with Crippen LogP contribution in [0.3, 0.4) is 0 Å². The fourth-order valence-electron chi connectivity index (χ4n) is 2.54. The quantitative estimate of drug-likeness (QED) is 0.479. The molecule has 3 aromatic rings. The maximum absolute atomic E-state index is 12.4. The molecule has 0 fully saturated rings. The minimum absolute atomic E-state index is 0.135. The third-order valence-electron chi connectivity index (χ3n) is 4.10. The molecular formula is C17H16Cl2N6O3. The topological polar surface area (TPSA) is 108 Å². The summed E-state index contributed by atoms with van der Waals surface area (Å²) in [6.07, 6.45) is 2.94. The minimum atomic E-state index is -0.747. The Hall–Kier alpha value is -2.91. The summed E-state index contributed by atoms with van der Waals surface area (Å²) < 4.78 is 2.88. The third kappa shape index (κ3) is 4.32. The molecule has 1 amide bonds. The Morgan fingerprint density at radius 3 is 2.71 bits per heavy atom. The molecule has 1 unspecified atom stereocenters. The number of hydrogen-bond donors (Lipinski definition) is 1. The second-order valence-electron chi connectivity index (χ2n) is 6.14. The van der Waals surface area contributed by atoms with Gasteiger partial charge in [-0.2, -0.15) is 10.2 Å². The molecule has 0 aliphatic carbocycles. The number of nitro groups is 1. The van der Waals surface area contributed by atoms with Gasteiger partial charge in [-0.15, -0.1) is 0 Å². The molecule has 1 aromatic carbocycles. The molecule has 0 aliphatic heterocycles. The third-order valence-corrected chi connectivity index (χ3v) is 4.69. The number of carbonyl (C=O) groups excluding carboxylic acids is 1. The number of nitrogens with one attached hydrogen (secondary N) is 1. The lowest BCUT2D eigenvalue weighted by molar-refractivity contribution is -0.385. The van der Waals surface area contributed by atoms with Crippen molar-refractivity contribution >= 4 is 40.6 Å². The van der Waals surface area contributed by atoms with Gasteiger partial charge in [0, 0.05) is 22.3 Å². The zero-order chi connectivity index (χ0) is 20.4. The SMILES string of the molecule is Cc1nn(C(C)C(=O)Nc2ccn(Cc3ccc(Cl)cc3Cl)n2)cc1[N+](=O)[O-]. The largest absolute Gasteiger partial charge is 0.309 e. The molecule has 0 aliphatic rings. The second kappa shape index (κ2) is 7.99. The predicted octanol–water partition coefficient (Wildman–Crippen LogP) is 3.85. The van der Waals surface area contributed by atoms with Gasteiger partial charge < -0.3 is 5.32 Å². The smallest absolute Gasteiger partial charge is 0.307 e. The molecule has 9 nitrogen and oxygen atoms in total. The Balaban J connectivity index is 1.68. The summed E-state index contributed by atoms with van der Waals surface area (Å²) in [4.78, 5) is 22.8. The van der Waals surface area contributed by atoms with Crippen LogP contribution in [0.1, 0.15) is 24.2 Å². The molecular weight excluding hydrogens is 407 g/mol. The van der Waals surface area contributed by atoms with E-state index >= 15 is 0 Å². The number of rotatable bonds is 6. The van der Waals surface area contributed by atoms with Crippen LogP contribution in [0.5, 0.6) is 0 Å². The van der Waals surface area contributed by atoms with Gasteiger partial charge in [0.25, 0.3) is 0 Å². The lowest BCUT2D eigenvalue weighted by Gasteiger charge is -2.11. The average Bonchev–Trinajstić information content (AvgIpc) is 3.23. The van der Waals surface area contributed by atoms with Crippen LogP contribution in [0.25, 0.3) is 0 Å². The highest BCUT2D eigenvalue weighted by Gasteiger charge is 2.22. The van der Waals surface area contributed by atoms with Crippen LogP contribution in [-0.2, 0) is 11.3 Å². The van der Waals surface area contributed by atoms with E-state index in [9.17, 15) is 14.9 Å². The fourth-order valence-corrected chi connectivity index (χ4v) is 3.01. The van der Waals surface area contributed by atoms with Gasteiger partial charge in [-0.3, -0.25) is 24.3 Å². The summed E-state index contributed by atoms with van der Waals surface area (Å²) in [5, 5.41) is 23.0. The number of halogens is 2. The molecule has 146 valence electrons. The molecule has 1 atom stereocenters. The van der Waals surface area contributed by atoms with Crippen molar-refractivity contribution in [1.82, 2.24) is 19.6 Å². The maximum atomic E-state index is 12.4. The van der Waals surface area contributed by atoms with Gasteiger partial charge in [-0.1, -0.05) is 29.3 Å². The number of nitrogens with zero attached hydrogens (tertiary/aromatic N) is 5. The molecule has 3 rings (SSSR count). The Morgan fingerprint density at radius 1 is 1.32 bits per heavy atom. The summed E-state index contributed by atoms with van der Waals surface area (Å²) >= 11 is 12.1. The lowest BCUT2D eigenvalue weighted by atomic mass is 10.2. The van der Waals surface area contributed by atoms with Crippen molar-refractivity contribution < 1.29 is 9.72 Å². The van der Waals surface area contributed by atoms with Crippen molar-refractivity contribution in [2.75, 3.05) is 5.32 Å². The lowest BCUT2D eigenvalue weighted by Crippen LogP contribution is -2.24. The summed E-state index contributed by atoms with van der Waals surface area (Å²) in [6, 6.07) is 6.09. The number of carbonyl (C=O) groups is 1. The van der Waals surface area contributed by atoms with Gasteiger partial charge in [-0.25, -0.2) is 0 Å². The number of aromatic nitrogens is 4. The molecule has 1 N–H and O–H groups in total. The molecule has 2 aromatic heterocycles. The highest BCUT2D eigenvalue weighted by molar-refractivity contribution is 6.35. The molecule has 28 heavy (non-hydrogen) atoms. The monoisotopic (exact) mass is 422 g/mol. The van der Waals surface area contributed by atoms with Gasteiger partial charge in [0.1, 0.15) is 17.9 Å². The average molecular weight is 423 g/mol. The standard InChI is InChI=1S/C17H16Cl2N6O3/c1-10-15(25(27)28)9-24(21-10)11(2)17(26)20-16-5-6-23(22-16)8-12-3-4-13(18)7-14(12)19/h3-7,9,11H,8H2,1-2H3,(H,20,22,26). The normalized spacial score (nSPS) is 12.0. The first-order valence-electron chi connectivity index (χ1n) is 8.23. The zero-order valence-corrected chi connectivity index (χ0v) is 16.5. The number of hydrogen-bond acceptors (Lipinski definition) is 5. The van der Waals surface area contributed by atoms with Gasteiger partial charge >= 0.3 is 5.69 Å². The van der Waals surface area contributed by atoms with Crippen LogP contribution < -0.4 is 5.32 Å². The van der Waals surface area contributed by atoms with E-state index < -0.39 is 16.9 Å². The summed E-state index contributed by atoms with van der Waals surface area (Å²) in [6.45, 7) is 3.52. The molecule has 0 saturated heterocycles. The van der Waals surface area contributed by atoms with Gasteiger partial charge in [0.15, 0.2) is 5.82 Å². The Morgan fingerprint density at radius 2 is 2.07 bits per heavy atom. The van der Waals surface area contributed by atoms with Crippen molar-refractivity contribution in [3.8, 4) is 0 Å². The summed E-state index contributed by atoms with van der Waals surface area (Å²) in [5.74, 6) is -0.0486. The van der Waals surface area contributed by atoms with Crippen molar-refractivity contribution in [3.05, 3.63) is 68.1 Å². The van der Waals surface area contributed by atoms with E-state index in [-0.39, 0.29) is 11.4 Å². The van der Waals surface area contributed by atoms with Crippen LogP contribution in [-0.4, -0.2) is 30.4 Å². The van der Waals surface area contributed by atoms with E-state index in [1.807, 2.05) is 0 Å². The van der Waals surface area contributed by atoms with E-state index in [1.165, 1.54) is 17.8 Å². The predicted molar refractivity (Wildman–Crippen MR) is 105 cm³/mol. The van der Waals surface area contributed by atoms with Crippen LogP contribution >= 0.6 is 23.2 Å². The van der Waals surface area contributed by atoms with Crippen molar-refractivity contribution in [2.45, 2.75) is 26.4 Å². The maximum Gasteiger partial charge on any atom is 0.309 e. The molecule has 11 heteroatoms. The van der Waals surface area contributed by atoms with Crippen molar-refractivity contribution in [2.24, 2.45) is 0 Å². The highest BCUT2D eigenvalue weighted by Crippen LogP contribution is 2.22. The Bertz CT molecular complexity index is 1050. The zero-order valence-electron chi connectivity index (χ0n) is 15.0. The van der Waals surface area contributed by atoms with Crippen LogP contribution in [0, 0.1) is 17.0 Å².